The number of rotatable bonds is 11. The van der Waals surface area contributed by atoms with Crippen LogP contribution in [0.5, 0.6) is 0 Å². The molecule has 0 spiro atoms. The first-order chi connectivity index (χ1) is 18.0. The molecule has 0 radical (unpaired) electrons. The minimum absolute atomic E-state index is 0.0197. The molecular formula is C27H27N3O5S2. The van der Waals surface area contributed by atoms with Crippen LogP contribution in [0.1, 0.15) is 50.2 Å². The van der Waals surface area contributed by atoms with Crippen molar-refractivity contribution in [3.63, 3.8) is 0 Å². The summed E-state index contributed by atoms with van der Waals surface area (Å²) >= 11 is 3.03. The molecule has 0 unspecified atom stereocenters. The van der Waals surface area contributed by atoms with Crippen molar-refractivity contribution < 1.29 is 19.1 Å². The first-order valence-corrected chi connectivity index (χ1v) is 13.9. The number of H-pyrrole nitrogens is 1. The van der Waals surface area contributed by atoms with Crippen molar-refractivity contribution in [3.8, 4) is 0 Å². The predicted octanol–water partition coefficient (Wildman–Crippen LogP) is 4.67. The number of aromatic nitrogens is 2. The number of carbonyl (C=O) groups is 2. The van der Waals surface area contributed by atoms with Gasteiger partial charge >= 0.3 is 5.97 Å². The van der Waals surface area contributed by atoms with Gasteiger partial charge in [0.2, 0.25) is 5.82 Å². The predicted molar refractivity (Wildman–Crippen MR) is 146 cm³/mol. The molecule has 37 heavy (non-hydrogen) atoms. The molecule has 0 saturated heterocycles. The number of nitrogens with one attached hydrogen (secondary N) is 2. The summed E-state index contributed by atoms with van der Waals surface area (Å²) in [5.41, 5.74) is 3.86. The Morgan fingerprint density at radius 3 is 2.62 bits per heavy atom. The van der Waals surface area contributed by atoms with E-state index >= 15 is 0 Å². The molecule has 2 N–H and O–H groups in total. The molecule has 4 rings (SSSR count). The van der Waals surface area contributed by atoms with Crippen molar-refractivity contribution in [3.05, 3.63) is 97.9 Å². The molecule has 192 valence electrons. The molecular weight excluding hydrogens is 510 g/mol. The smallest absolute Gasteiger partial charge is 0.338 e. The molecule has 0 aliphatic carbocycles. The number of thiophene rings is 1. The Morgan fingerprint density at radius 1 is 1.08 bits per heavy atom. The lowest BCUT2D eigenvalue weighted by Gasteiger charge is -2.07. The largest absolute Gasteiger partial charge is 0.462 e. The Morgan fingerprint density at radius 2 is 1.86 bits per heavy atom. The second kappa shape index (κ2) is 12.7. The Bertz CT molecular complexity index is 1450. The van der Waals surface area contributed by atoms with Gasteiger partial charge in [-0.15, -0.1) is 11.3 Å². The summed E-state index contributed by atoms with van der Waals surface area (Å²) in [5.74, 6) is 0.0832. The van der Waals surface area contributed by atoms with Crippen molar-refractivity contribution >= 4 is 45.2 Å². The maximum atomic E-state index is 12.8. The highest BCUT2D eigenvalue weighted by Crippen LogP contribution is 2.22. The number of hydrogen-bond acceptors (Lipinski definition) is 8. The van der Waals surface area contributed by atoms with Crippen LogP contribution in [0, 0.1) is 0 Å². The molecule has 10 heteroatoms. The normalized spacial score (nSPS) is 11.0. The molecule has 1 amide bonds. The van der Waals surface area contributed by atoms with Crippen LogP contribution in [0.15, 0.2) is 58.7 Å². The van der Waals surface area contributed by atoms with Crippen molar-refractivity contribution in [1.82, 2.24) is 15.3 Å². The van der Waals surface area contributed by atoms with Gasteiger partial charge in [0.15, 0.2) is 0 Å². The summed E-state index contributed by atoms with van der Waals surface area (Å²) in [5, 5.41) is 5.06. The van der Waals surface area contributed by atoms with Gasteiger partial charge in [0.05, 0.1) is 30.8 Å². The zero-order valence-corrected chi connectivity index (χ0v) is 22.2. The Balaban J connectivity index is 1.37. The lowest BCUT2D eigenvalue weighted by molar-refractivity contribution is 0.0526. The third-order valence-corrected chi connectivity index (χ3v) is 7.03. The number of hydrogen-bond donors (Lipinski definition) is 2. The molecule has 0 saturated carbocycles. The third kappa shape index (κ3) is 6.85. The van der Waals surface area contributed by atoms with Crippen LogP contribution >= 0.6 is 23.1 Å². The number of ether oxygens (including phenoxy) is 2. The highest BCUT2D eigenvalue weighted by molar-refractivity contribution is 7.97. The zero-order chi connectivity index (χ0) is 26.2. The van der Waals surface area contributed by atoms with Crippen LogP contribution in [0.2, 0.25) is 0 Å². The lowest BCUT2D eigenvalue weighted by atomic mass is 10.1. The molecule has 2 heterocycles. The Kier molecular flexibility index (Phi) is 9.10. The Hall–Kier alpha value is -3.47. The van der Waals surface area contributed by atoms with Gasteiger partial charge in [0.1, 0.15) is 4.83 Å². The molecule has 0 bridgehead atoms. The highest BCUT2D eigenvalue weighted by Gasteiger charge is 2.16. The molecule has 8 nitrogen and oxygen atoms in total. The van der Waals surface area contributed by atoms with Gasteiger partial charge in [-0.25, -0.2) is 9.78 Å². The monoisotopic (exact) mass is 537 g/mol. The van der Waals surface area contributed by atoms with E-state index in [1.165, 1.54) is 16.9 Å². The fraction of sp³-hybridized carbons (Fsp3) is 0.259. The van der Waals surface area contributed by atoms with Crippen LogP contribution in [-0.4, -0.2) is 34.7 Å². The van der Waals surface area contributed by atoms with E-state index in [2.05, 4.69) is 27.4 Å². The van der Waals surface area contributed by atoms with E-state index in [-0.39, 0.29) is 24.0 Å². The average molecular weight is 538 g/mol. The van der Waals surface area contributed by atoms with E-state index < -0.39 is 5.91 Å². The minimum Gasteiger partial charge on any atom is -0.462 e. The number of amides is 1. The maximum absolute atomic E-state index is 12.8. The van der Waals surface area contributed by atoms with E-state index in [1.807, 2.05) is 23.8 Å². The molecule has 2 aromatic heterocycles. The molecule has 4 aromatic rings. The SMILES string of the molecule is CCOC(=O)c1ccc(COCc2csc3nc(C(=O)NCc4cccc(CSC)c4)[nH]c(=O)c23)cc1. The van der Waals surface area contributed by atoms with E-state index in [9.17, 15) is 14.4 Å². The minimum atomic E-state index is -0.438. The first kappa shape index (κ1) is 26.6. The van der Waals surface area contributed by atoms with Gasteiger partial charge in [-0.2, -0.15) is 11.8 Å². The molecule has 0 aliphatic rings. The van der Waals surface area contributed by atoms with E-state index in [1.54, 1.807) is 43.0 Å². The van der Waals surface area contributed by atoms with Gasteiger partial charge in [0.25, 0.3) is 11.5 Å². The van der Waals surface area contributed by atoms with Gasteiger partial charge in [-0.3, -0.25) is 9.59 Å². The van der Waals surface area contributed by atoms with Crippen LogP contribution in [0.3, 0.4) is 0 Å². The number of thioether (sulfide) groups is 1. The van der Waals surface area contributed by atoms with Crippen molar-refractivity contribution in [2.24, 2.45) is 0 Å². The lowest BCUT2D eigenvalue weighted by Crippen LogP contribution is -2.27. The van der Waals surface area contributed by atoms with Gasteiger partial charge < -0.3 is 19.8 Å². The quantitative estimate of drug-likeness (QED) is 0.268. The maximum Gasteiger partial charge on any atom is 0.338 e. The average Bonchev–Trinajstić information content (AvgIpc) is 3.32. The number of fused-ring (bicyclic) bond motifs is 1. The number of nitrogens with zero attached hydrogens (tertiary/aromatic N) is 1. The van der Waals surface area contributed by atoms with Gasteiger partial charge in [-0.05, 0) is 47.4 Å². The summed E-state index contributed by atoms with van der Waals surface area (Å²) in [6, 6.07) is 15.0. The van der Waals surface area contributed by atoms with Crippen molar-refractivity contribution in [1.29, 1.82) is 0 Å². The number of esters is 1. The first-order valence-electron chi connectivity index (χ1n) is 11.7. The van der Waals surface area contributed by atoms with E-state index in [0.717, 1.165) is 16.9 Å². The van der Waals surface area contributed by atoms with Crippen LogP contribution < -0.4 is 10.9 Å². The number of carbonyl (C=O) groups excluding carboxylic acids is 2. The summed E-state index contributed by atoms with van der Waals surface area (Å²) in [6.07, 6.45) is 2.04. The van der Waals surface area contributed by atoms with Crippen molar-refractivity contribution in [2.45, 2.75) is 32.4 Å². The van der Waals surface area contributed by atoms with Crippen LogP contribution in [0.25, 0.3) is 10.2 Å². The van der Waals surface area contributed by atoms with E-state index in [0.29, 0.717) is 41.1 Å². The summed E-state index contributed by atoms with van der Waals surface area (Å²) in [7, 11) is 0. The van der Waals surface area contributed by atoms with Crippen molar-refractivity contribution in [2.75, 3.05) is 12.9 Å². The van der Waals surface area contributed by atoms with Gasteiger partial charge in [-0.1, -0.05) is 36.4 Å². The van der Waals surface area contributed by atoms with Crippen LogP contribution in [-0.2, 0) is 35.0 Å². The molecule has 0 atom stereocenters. The molecule has 0 aliphatic heterocycles. The second-order valence-electron chi connectivity index (χ2n) is 8.20. The fourth-order valence-electron chi connectivity index (χ4n) is 3.71. The zero-order valence-electron chi connectivity index (χ0n) is 20.5. The highest BCUT2D eigenvalue weighted by atomic mass is 32.2. The van der Waals surface area contributed by atoms with Gasteiger partial charge in [0, 0.05) is 17.9 Å². The topological polar surface area (TPSA) is 110 Å². The standard InChI is InChI=1S/C27H27N3O5S2/c1-3-35-27(33)20-9-7-17(8-10-20)13-34-14-21-16-37-26-22(21)24(31)29-23(30-26)25(32)28-12-18-5-4-6-19(11-18)15-36-2/h4-11,16H,3,12-15H2,1-2H3,(H,28,32)(H,29,30,31). The second-order valence-corrected chi connectivity index (χ2v) is 9.93. The van der Waals surface area contributed by atoms with Crippen LogP contribution in [0.4, 0.5) is 0 Å². The van der Waals surface area contributed by atoms with E-state index in [4.69, 9.17) is 9.47 Å². The molecule has 2 aromatic carbocycles. The third-order valence-electron chi connectivity index (χ3n) is 5.48. The Labute approximate surface area is 222 Å². The summed E-state index contributed by atoms with van der Waals surface area (Å²) < 4.78 is 10.8. The summed E-state index contributed by atoms with van der Waals surface area (Å²) in [4.78, 5) is 44.7. The fourth-order valence-corrected chi connectivity index (χ4v) is 5.15. The number of aromatic amines is 1. The number of benzene rings is 2. The summed E-state index contributed by atoms with van der Waals surface area (Å²) in [6.45, 7) is 2.95. The molecule has 0 fully saturated rings.